The van der Waals surface area contributed by atoms with Crippen LogP contribution >= 0.6 is 23.5 Å². The molecule has 2 fully saturated rings. The highest BCUT2D eigenvalue weighted by Crippen LogP contribution is 2.67. The Hall–Kier alpha value is -4.21. The van der Waals surface area contributed by atoms with Crippen molar-refractivity contribution in [1.29, 1.82) is 0 Å². The normalized spacial score (nSPS) is 27.0. The van der Waals surface area contributed by atoms with E-state index < -0.39 is 84.7 Å². The Labute approximate surface area is 324 Å². The van der Waals surface area contributed by atoms with E-state index in [-0.39, 0.29) is 54.3 Å². The van der Waals surface area contributed by atoms with Crippen molar-refractivity contribution in [2.75, 3.05) is 61.3 Å². The maximum atomic E-state index is 12.9. The molecular weight excluding hydrogens is 841 g/mol. The summed E-state index contributed by atoms with van der Waals surface area (Å²) in [7, 11) is -15.5. The lowest BCUT2D eigenvalue weighted by molar-refractivity contribution is -0.103. The number of aliphatic hydroxyl groups excluding tert-OH is 2. The van der Waals surface area contributed by atoms with Crippen molar-refractivity contribution in [3.05, 3.63) is 57.1 Å². The Morgan fingerprint density at radius 1 is 0.931 bits per heavy atom. The molecule has 28 nitrogen and oxygen atoms in total. The molecular formula is C27H37N12O16P3. The molecule has 0 radical (unpaired) electrons. The van der Waals surface area contributed by atoms with E-state index in [2.05, 4.69) is 43.0 Å². The summed E-state index contributed by atoms with van der Waals surface area (Å²) in [4.78, 5) is 81.6. The average Bonchev–Trinajstić information content (AvgIpc) is 3.78. The molecule has 3 unspecified atom stereocenters. The molecule has 2 saturated heterocycles. The zero-order valence-electron chi connectivity index (χ0n) is 29.9. The minimum Gasteiger partial charge on any atom is -0.387 e. The second kappa shape index (κ2) is 16.1. The summed E-state index contributed by atoms with van der Waals surface area (Å²) < 4.78 is 69.1. The number of nitrogen functional groups attached to an aromatic ring is 2. The van der Waals surface area contributed by atoms with Crippen molar-refractivity contribution in [2.24, 2.45) is 0 Å². The largest absolute Gasteiger partial charge is 0.490 e. The maximum absolute atomic E-state index is 12.9. The summed E-state index contributed by atoms with van der Waals surface area (Å²) in [6.07, 6.45) is -4.16. The number of nitrogens with one attached hydrogen (secondary N) is 2. The molecule has 0 aliphatic carbocycles. The zero-order chi connectivity index (χ0) is 41.7. The van der Waals surface area contributed by atoms with E-state index in [0.717, 1.165) is 16.5 Å². The molecule has 3 aliphatic heterocycles. The third-order valence-corrected chi connectivity index (χ3v) is 13.2. The highest BCUT2D eigenvalue weighted by Gasteiger charge is 2.48. The number of imidazole rings is 1. The Morgan fingerprint density at radius 3 is 2.33 bits per heavy atom. The topological polar surface area (TPSA) is 392 Å². The van der Waals surface area contributed by atoms with Crippen molar-refractivity contribution in [1.82, 2.24) is 39.4 Å². The second-order valence-corrected chi connectivity index (χ2v) is 17.8. The van der Waals surface area contributed by atoms with Gasteiger partial charge in [-0.05, 0) is 11.6 Å². The van der Waals surface area contributed by atoms with Crippen LogP contribution < -0.4 is 32.4 Å². The number of anilines is 4. The monoisotopic (exact) mass is 878 g/mol. The lowest BCUT2D eigenvalue weighted by Gasteiger charge is -2.41. The van der Waals surface area contributed by atoms with Crippen LogP contribution in [0.4, 0.5) is 23.4 Å². The van der Waals surface area contributed by atoms with Crippen molar-refractivity contribution >= 4 is 58.0 Å². The zero-order valence-corrected chi connectivity index (χ0v) is 32.6. The Kier molecular flexibility index (Phi) is 11.6. The Bertz CT molecular complexity index is 2420. The first-order valence-electron chi connectivity index (χ1n) is 16.9. The van der Waals surface area contributed by atoms with Gasteiger partial charge in [-0.15, -0.1) is 0 Å². The maximum Gasteiger partial charge on any atom is 0.490 e. The fourth-order valence-electron chi connectivity index (χ4n) is 6.54. The van der Waals surface area contributed by atoms with Gasteiger partial charge in [0.1, 0.15) is 30.2 Å². The van der Waals surface area contributed by atoms with Gasteiger partial charge in [-0.25, -0.2) is 18.7 Å². The minimum absolute atomic E-state index is 0.0877. The number of aromatic amines is 2. The summed E-state index contributed by atoms with van der Waals surface area (Å²) in [6.45, 7) is -0.977. The lowest BCUT2D eigenvalue weighted by Crippen LogP contribution is -2.55. The van der Waals surface area contributed by atoms with Gasteiger partial charge in [0.25, 0.3) is 11.1 Å². The van der Waals surface area contributed by atoms with Crippen molar-refractivity contribution in [3.63, 3.8) is 0 Å². The number of hydrogen-bond acceptors (Lipinski definition) is 22. The predicted octanol–water partition coefficient (Wildman–Crippen LogP) is -2.11. The highest BCUT2D eigenvalue weighted by atomic mass is 31.3. The number of aromatic nitrogens is 7. The molecule has 31 heteroatoms. The molecule has 4 aromatic heterocycles. The number of fused-ring (bicyclic) bond motifs is 2. The van der Waals surface area contributed by atoms with Crippen molar-refractivity contribution in [3.8, 4) is 0 Å². The van der Waals surface area contributed by atoms with Crippen LogP contribution in [0.3, 0.4) is 0 Å². The molecule has 3 aliphatic rings. The molecule has 7 heterocycles. The molecule has 4 aromatic rings. The van der Waals surface area contributed by atoms with E-state index in [9.17, 15) is 48.2 Å². The van der Waals surface area contributed by atoms with Gasteiger partial charge in [0.05, 0.1) is 32.3 Å². The molecule has 0 amide bonds. The summed E-state index contributed by atoms with van der Waals surface area (Å²) >= 11 is 0. The van der Waals surface area contributed by atoms with Crippen LogP contribution in [0.2, 0.25) is 0 Å². The number of aliphatic hydroxyl groups is 2. The molecule has 11 N–H and O–H groups in total. The summed E-state index contributed by atoms with van der Waals surface area (Å²) in [5, 5.41) is 21.1. The average molecular weight is 879 g/mol. The van der Waals surface area contributed by atoms with E-state index in [1.807, 2.05) is 11.0 Å². The molecule has 316 valence electrons. The lowest BCUT2D eigenvalue weighted by atomic mass is 10.1. The number of phosphoric ester groups is 2. The molecule has 7 rings (SSSR count). The molecule has 9 atom stereocenters. The molecule has 0 saturated carbocycles. The number of hydrogen-bond donors (Lipinski definition) is 9. The SMILES string of the molecule is CN1CN([C@H]2CN(Cc3cccnc3)C[C@@H](COP(=O)(O)OP(=O)(O)OP(=O)(O)OC[C@H]3O[C@@H](n4cnc5c(=O)[nH]c(N)nc54)[C@H](O)[C@@H]3O)O2)c2nc(N)[nH]c(=O)c21. The fourth-order valence-corrected chi connectivity index (χ4v) is 10.1. The number of rotatable bonds is 14. The first kappa shape index (κ1) is 41.9. The van der Waals surface area contributed by atoms with Gasteiger partial charge in [-0.3, -0.25) is 43.1 Å². The fraction of sp³-hybridized carbons (Fsp3) is 0.481. The van der Waals surface area contributed by atoms with Crippen molar-refractivity contribution in [2.45, 2.75) is 43.4 Å². The van der Waals surface area contributed by atoms with E-state index in [1.165, 1.54) is 0 Å². The van der Waals surface area contributed by atoms with Gasteiger partial charge in [0.2, 0.25) is 11.9 Å². The van der Waals surface area contributed by atoms with Crippen LogP contribution in [0.5, 0.6) is 0 Å². The van der Waals surface area contributed by atoms with E-state index in [4.69, 9.17) is 25.5 Å². The van der Waals surface area contributed by atoms with Gasteiger partial charge in [0.15, 0.2) is 23.2 Å². The number of ether oxygens (including phenoxy) is 2. The van der Waals surface area contributed by atoms with Crippen molar-refractivity contribution < 1.29 is 65.7 Å². The van der Waals surface area contributed by atoms with Crippen LogP contribution in [0, 0.1) is 0 Å². The smallest absolute Gasteiger partial charge is 0.387 e. The van der Waals surface area contributed by atoms with Gasteiger partial charge < -0.3 is 55.6 Å². The Morgan fingerprint density at radius 2 is 1.62 bits per heavy atom. The third kappa shape index (κ3) is 9.16. The third-order valence-electron chi connectivity index (χ3n) is 8.92. The van der Waals surface area contributed by atoms with E-state index >= 15 is 0 Å². The molecule has 0 bridgehead atoms. The van der Waals surface area contributed by atoms with Crippen LogP contribution in [0.25, 0.3) is 11.2 Å². The van der Waals surface area contributed by atoms with E-state index in [1.54, 1.807) is 35.3 Å². The molecule has 0 spiro atoms. The highest BCUT2D eigenvalue weighted by molar-refractivity contribution is 7.66. The summed E-state index contributed by atoms with van der Waals surface area (Å²) in [5.41, 5.74) is 10.9. The van der Waals surface area contributed by atoms with Gasteiger partial charge in [-0.1, -0.05) is 6.07 Å². The van der Waals surface area contributed by atoms with Crippen LogP contribution in [-0.4, -0.2) is 135 Å². The van der Waals surface area contributed by atoms with Crippen LogP contribution in [-0.2, 0) is 47.4 Å². The summed E-state index contributed by atoms with van der Waals surface area (Å²) in [5.74, 6) is -0.210. The number of nitrogens with two attached hydrogens (primary N) is 2. The van der Waals surface area contributed by atoms with Gasteiger partial charge >= 0.3 is 23.5 Å². The molecule has 58 heavy (non-hydrogen) atoms. The summed E-state index contributed by atoms with van der Waals surface area (Å²) in [6, 6.07) is 3.56. The quantitative estimate of drug-likeness (QED) is 0.0612. The van der Waals surface area contributed by atoms with Gasteiger partial charge in [-0.2, -0.15) is 18.6 Å². The van der Waals surface area contributed by atoms with Crippen LogP contribution in [0.1, 0.15) is 11.8 Å². The predicted molar refractivity (Wildman–Crippen MR) is 195 cm³/mol. The number of phosphoric acid groups is 3. The number of H-pyrrole nitrogens is 2. The minimum atomic E-state index is -5.94. The standard InChI is InChI=1S/C27H37N12O16P3/c1-36-12-39(22-18(36)24(43)35-27(29)33-22)16-8-37(6-13-3-2-4-30-5-13)7-14(52-16)9-50-56(44,45)54-58(48,49)55-57(46,47)51-10-15-19(40)20(41)25(53-15)38-11-31-17-21(38)32-26(28)34-23(17)42/h2-5,11,14-16,19-20,25,40-41H,6-10,12H2,1H3,(H,44,45)(H,46,47)(H,48,49)(H3,28,32,34,42)(H3,29,33,35,43)/t14-,15+,16+,19+,20+,25+/m0/s1. The molecule has 0 aromatic carbocycles. The first-order valence-corrected chi connectivity index (χ1v) is 21.3. The van der Waals surface area contributed by atoms with E-state index in [0.29, 0.717) is 6.54 Å². The second-order valence-electron chi connectivity index (χ2n) is 13.2. The van der Waals surface area contributed by atoms with Crippen LogP contribution in [0.15, 0.2) is 40.4 Å². The Balaban J connectivity index is 0.970. The number of nitrogens with zero attached hydrogens (tertiary/aromatic N) is 8. The number of morpholine rings is 1. The van der Waals surface area contributed by atoms with Gasteiger partial charge in [0, 0.05) is 39.1 Å². The number of pyridine rings is 1. The first-order chi connectivity index (χ1) is 27.3.